The number of pyridine rings is 1. The van der Waals surface area contributed by atoms with E-state index in [4.69, 9.17) is 4.74 Å². The third-order valence-electron chi connectivity index (χ3n) is 5.34. The normalized spacial score (nSPS) is 17.1. The van der Waals surface area contributed by atoms with Gasteiger partial charge in [-0.1, -0.05) is 37.7 Å². The number of carbonyl (C=O) groups is 1. The Morgan fingerprint density at radius 3 is 2.42 bits per heavy atom. The Bertz CT molecular complexity index is 973. The van der Waals surface area contributed by atoms with Crippen molar-refractivity contribution in [3.63, 3.8) is 0 Å². The lowest BCUT2D eigenvalue weighted by molar-refractivity contribution is -0.115. The molecule has 2 atom stereocenters. The number of benzene rings is 1. The third-order valence-corrected chi connectivity index (χ3v) is 8.28. The molecule has 7 nitrogen and oxygen atoms in total. The van der Waals surface area contributed by atoms with Crippen LogP contribution in [0.25, 0.3) is 0 Å². The number of nitrogens with one attached hydrogen (secondary N) is 1. The molecule has 31 heavy (non-hydrogen) atoms. The average molecular weight is 464 g/mol. The molecule has 0 spiro atoms. The number of carbonyl (C=O) groups excluding carboxylic acids is 1. The predicted molar refractivity (Wildman–Crippen MR) is 123 cm³/mol. The minimum Gasteiger partial charge on any atom is -0.379 e. The number of sulfonamides is 1. The Morgan fingerprint density at radius 2 is 1.84 bits per heavy atom. The van der Waals surface area contributed by atoms with Gasteiger partial charge in [0.25, 0.3) is 0 Å². The largest absolute Gasteiger partial charge is 0.379 e. The van der Waals surface area contributed by atoms with Crippen molar-refractivity contribution < 1.29 is 17.9 Å². The van der Waals surface area contributed by atoms with Crippen LogP contribution < -0.4 is 5.32 Å². The first-order valence-corrected chi connectivity index (χ1v) is 12.7. The van der Waals surface area contributed by atoms with Crippen LogP contribution in [-0.4, -0.2) is 55.2 Å². The van der Waals surface area contributed by atoms with Gasteiger partial charge in [-0.2, -0.15) is 4.31 Å². The summed E-state index contributed by atoms with van der Waals surface area (Å²) in [4.78, 5) is 17.0. The summed E-state index contributed by atoms with van der Waals surface area (Å²) in [6.45, 7) is 7.60. The first-order chi connectivity index (χ1) is 14.8. The molecule has 1 aromatic carbocycles. The molecular weight excluding hydrogens is 434 g/mol. The molecule has 2 aromatic rings. The molecule has 0 bridgehead atoms. The average Bonchev–Trinajstić information content (AvgIpc) is 2.80. The van der Waals surface area contributed by atoms with Gasteiger partial charge in [0.2, 0.25) is 15.9 Å². The van der Waals surface area contributed by atoms with E-state index in [1.165, 1.54) is 27.8 Å². The summed E-state index contributed by atoms with van der Waals surface area (Å²) in [6, 6.07) is 11.1. The van der Waals surface area contributed by atoms with Gasteiger partial charge in [0.1, 0.15) is 4.90 Å². The zero-order valence-electron chi connectivity index (χ0n) is 18.1. The van der Waals surface area contributed by atoms with Crippen LogP contribution in [0.1, 0.15) is 38.7 Å². The summed E-state index contributed by atoms with van der Waals surface area (Å²) < 4.78 is 32.0. The van der Waals surface area contributed by atoms with Gasteiger partial charge in [0.15, 0.2) is 0 Å². The van der Waals surface area contributed by atoms with E-state index in [1.54, 1.807) is 19.1 Å². The van der Waals surface area contributed by atoms with E-state index in [1.807, 2.05) is 24.3 Å². The summed E-state index contributed by atoms with van der Waals surface area (Å²) in [5.41, 5.74) is 2.00. The lowest BCUT2D eigenvalue weighted by atomic mass is 9.99. The first kappa shape index (κ1) is 23.7. The monoisotopic (exact) mass is 463 g/mol. The summed E-state index contributed by atoms with van der Waals surface area (Å²) in [5, 5.41) is 3.13. The number of ether oxygens (including phenoxy) is 1. The topological polar surface area (TPSA) is 88.6 Å². The highest BCUT2D eigenvalue weighted by molar-refractivity contribution is 8.00. The summed E-state index contributed by atoms with van der Waals surface area (Å²) in [7, 11) is -3.57. The first-order valence-electron chi connectivity index (χ1n) is 10.4. The highest BCUT2D eigenvalue weighted by atomic mass is 32.2. The van der Waals surface area contributed by atoms with Gasteiger partial charge in [-0.15, -0.1) is 0 Å². The molecule has 1 aromatic heterocycles. The second-order valence-corrected chi connectivity index (χ2v) is 10.8. The van der Waals surface area contributed by atoms with E-state index in [-0.39, 0.29) is 16.1 Å². The number of thioether (sulfide) groups is 1. The number of amides is 1. The Balaban J connectivity index is 1.58. The fraction of sp³-hybridized carbons (Fsp3) is 0.455. The maximum atomic E-state index is 12.7. The van der Waals surface area contributed by atoms with Crippen molar-refractivity contribution in [3.05, 3.63) is 48.2 Å². The van der Waals surface area contributed by atoms with Crippen molar-refractivity contribution in [2.75, 3.05) is 31.6 Å². The van der Waals surface area contributed by atoms with Gasteiger partial charge >= 0.3 is 0 Å². The van der Waals surface area contributed by atoms with Gasteiger partial charge < -0.3 is 10.1 Å². The van der Waals surface area contributed by atoms with Crippen LogP contribution in [0.15, 0.2) is 52.5 Å². The highest BCUT2D eigenvalue weighted by Crippen LogP contribution is 2.25. The lowest BCUT2D eigenvalue weighted by Crippen LogP contribution is -2.40. The Kier molecular flexibility index (Phi) is 8.10. The van der Waals surface area contributed by atoms with Crippen molar-refractivity contribution >= 4 is 33.4 Å². The fourth-order valence-electron chi connectivity index (χ4n) is 3.13. The number of hydrogen-bond acceptors (Lipinski definition) is 6. The molecule has 1 aliphatic heterocycles. The summed E-state index contributed by atoms with van der Waals surface area (Å²) in [6.07, 6.45) is 2.42. The molecule has 1 N–H and O–H groups in total. The Labute approximate surface area is 188 Å². The van der Waals surface area contributed by atoms with Crippen molar-refractivity contribution in [2.45, 2.75) is 48.3 Å². The number of anilines is 1. The van der Waals surface area contributed by atoms with Crippen molar-refractivity contribution in [2.24, 2.45) is 0 Å². The van der Waals surface area contributed by atoms with Gasteiger partial charge in [-0.25, -0.2) is 13.4 Å². The molecular formula is C22H29N3O4S2. The zero-order valence-corrected chi connectivity index (χ0v) is 19.7. The second-order valence-electron chi connectivity index (χ2n) is 7.53. The predicted octanol–water partition coefficient (Wildman–Crippen LogP) is 3.74. The molecule has 2 heterocycles. The molecule has 9 heteroatoms. The van der Waals surface area contributed by atoms with Crippen LogP contribution in [0.5, 0.6) is 0 Å². The highest BCUT2D eigenvalue weighted by Gasteiger charge is 2.26. The van der Waals surface area contributed by atoms with Crippen LogP contribution >= 0.6 is 11.8 Å². The lowest BCUT2D eigenvalue weighted by Gasteiger charge is -2.25. The zero-order chi connectivity index (χ0) is 22.4. The fourth-order valence-corrected chi connectivity index (χ4v) is 5.28. The van der Waals surface area contributed by atoms with Crippen molar-refractivity contribution in [1.82, 2.24) is 9.29 Å². The molecule has 3 rings (SSSR count). The molecule has 1 fully saturated rings. The molecule has 1 saturated heterocycles. The number of rotatable bonds is 8. The van der Waals surface area contributed by atoms with Crippen LogP contribution in [0, 0.1) is 0 Å². The molecule has 168 valence electrons. The van der Waals surface area contributed by atoms with Crippen LogP contribution in [0.3, 0.4) is 0 Å². The number of aromatic nitrogens is 1. The quantitative estimate of drug-likeness (QED) is 0.600. The molecule has 0 radical (unpaired) electrons. The van der Waals surface area contributed by atoms with E-state index in [0.717, 1.165) is 12.1 Å². The van der Waals surface area contributed by atoms with Crippen molar-refractivity contribution in [1.29, 1.82) is 0 Å². The van der Waals surface area contributed by atoms with Crippen LogP contribution in [0.4, 0.5) is 5.69 Å². The second kappa shape index (κ2) is 10.6. The number of hydrogen-bond donors (Lipinski definition) is 1. The SMILES string of the molecule is CC[C@H](C)c1ccc(NC(=O)[C@@H](C)Sc2ccc(S(=O)(=O)N3CCOCC3)cn2)cc1. The Morgan fingerprint density at radius 1 is 1.16 bits per heavy atom. The standard InChI is InChI=1S/C22H29N3O4S2/c1-4-16(2)18-5-7-19(8-6-18)24-22(26)17(3)30-21-10-9-20(15-23-21)31(27,28)25-11-13-29-14-12-25/h5-10,15-17H,4,11-14H2,1-3H3,(H,24,26)/t16-,17+/m0/s1. The molecule has 0 unspecified atom stereocenters. The molecule has 0 saturated carbocycles. The summed E-state index contributed by atoms with van der Waals surface area (Å²) in [5.74, 6) is 0.355. The molecule has 1 aliphatic rings. The molecule has 0 aliphatic carbocycles. The van der Waals surface area contributed by atoms with Crippen LogP contribution in [-0.2, 0) is 19.6 Å². The van der Waals surface area contributed by atoms with Gasteiger partial charge in [-0.3, -0.25) is 4.79 Å². The van der Waals surface area contributed by atoms with Crippen LogP contribution in [0.2, 0.25) is 0 Å². The summed E-state index contributed by atoms with van der Waals surface area (Å²) >= 11 is 1.29. The van der Waals surface area contributed by atoms with E-state index >= 15 is 0 Å². The third kappa shape index (κ3) is 6.06. The molecule has 1 amide bonds. The maximum Gasteiger partial charge on any atom is 0.244 e. The van der Waals surface area contributed by atoms with Crippen molar-refractivity contribution in [3.8, 4) is 0 Å². The van der Waals surface area contributed by atoms with E-state index < -0.39 is 10.0 Å². The van der Waals surface area contributed by atoms with E-state index in [9.17, 15) is 13.2 Å². The van der Waals surface area contributed by atoms with E-state index in [0.29, 0.717) is 37.2 Å². The minimum absolute atomic E-state index is 0.131. The van der Waals surface area contributed by atoms with Gasteiger partial charge in [-0.05, 0) is 49.1 Å². The van der Waals surface area contributed by atoms with Gasteiger partial charge in [0.05, 0.1) is 23.5 Å². The smallest absolute Gasteiger partial charge is 0.244 e. The maximum absolute atomic E-state index is 12.7. The van der Waals surface area contributed by atoms with Gasteiger partial charge in [0, 0.05) is 25.0 Å². The Hall–Kier alpha value is -1.94. The van der Waals surface area contributed by atoms with E-state index in [2.05, 4.69) is 24.1 Å². The number of morpholine rings is 1. The minimum atomic E-state index is -3.57. The number of nitrogens with zero attached hydrogens (tertiary/aromatic N) is 2.